The number of imidazole rings is 2. The van der Waals surface area contributed by atoms with Crippen LogP contribution in [0.5, 0.6) is 11.5 Å². The number of unbranched alkanes of at least 4 members (excludes halogenated alkanes) is 1. The molecule has 19 nitrogen and oxygen atoms in total. The molecule has 3 fully saturated rings. The zero-order valence-electron chi connectivity index (χ0n) is 45.2. The number of H-pyrrole nitrogens is 2. The van der Waals surface area contributed by atoms with Crippen molar-refractivity contribution in [3.8, 4) is 11.5 Å². The van der Waals surface area contributed by atoms with E-state index in [2.05, 4.69) is 53.4 Å². The average molecular weight is 1060 g/mol. The lowest BCUT2D eigenvalue weighted by molar-refractivity contribution is -0.174. The predicted octanol–water partition coefficient (Wildman–Crippen LogP) is 6.23. The van der Waals surface area contributed by atoms with Crippen LogP contribution in [0.3, 0.4) is 0 Å². The van der Waals surface area contributed by atoms with Crippen molar-refractivity contribution in [3.05, 3.63) is 132 Å². The summed E-state index contributed by atoms with van der Waals surface area (Å²) in [4.78, 5) is 83.8. The van der Waals surface area contributed by atoms with Crippen LogP contribution in [0.25, 0.3) is 0 Å². The van der Waals surface area contributed by atoms with Gasteiger partial charge in [-0.05, 0) is 79.0 Å². The smallest absolute Gasteiger partial charge is 0.315 e. The standard InChI is InChI=1S/C29H42N6O4.C29H37N5O4/c1-30-27(37)29(22-6-4-3-5-7-22)13-16-35(17-14-29)26(36)25(18-21-8-10-24(39-2)11-9-21)34-28(38)32-15-12-23-19-31-20-33-23;1-3-4-16-38-29(23-8-6-5-7-9-23)19-34(20-29)27(35)26(17-22-10-12-25(37-2)13-11-22)33-28(36)31-15-14-24-18-30-21-32-24/h8-11,19-20,22,25H,3-7,12-18H2,1-2H3,(H,30,37)(H,31,33)(H2,32,34,38);5-13,18,21,26H,3-4,14-17,19-20H2,1-2H3,(H,30,32)(H2,31,33,36). The Morgan fingerprint density at radius 3 is 1.65 bits per heavy atom. The van der Waals surface area contributed by atoms with Gasteiger partial charge in [-0.2, -0.15) is 0 Å². The molecule has 3 aliphatic rings. The minimum Gasteiger partial charge on any atom is -0.497 e. The molecule has 2 saturated heterocycles. The Morgan fingerprint density at radius 1 is 0.688 bits per heavy atom. The first-order chi connectivity index (χ1) is 37.5. The van der Waals surface area contributed by atoms with Gasteiger partial charge in [-0.1, -0.05) is 87.2 Å². The second-order valence-corrected chi connectivity index (χ2v) is 20.3. The molecule has 4 heterocycles. The Hall–Kier alpha value is -7.41. The van der Waals surface area contributed by atoms with E-state index in [9.17, 15) is 24.0 Å². The van der Waals surface area contributed by atoms with Gasteiger partial charge in [0.1, 0.15) is 29.2 Å². The van der Waals surface area contributed by atoms with Crippen LogP contribution in [0.2, 0.25) is 0 Å². The fourth-order valence-corrected chi connectivity index (χ4v) is 10.8. The summed E-state index contributed by atoms with van der Waals surface area (Å²) in [5.41, 5.74) is 3.82. The number of likely N-dealkylation sites (tertiary alicyclic amines) is 2. The third-order valence-electron chi connectivity index (χ3n) is 15.3. The van der Waals surface area contributed by atoms with Crippen LogP contribution in [0, 0.1) is 11.3 Å². The highest BCUT2D eigenvalue weighted by Crippen LogP contribution is 2.46. The van der Waals surface area contributed by atoms with Crippen LogP contribution in [0.4, 0.5) is 9.59 Å². The number of ether oxygens (including phenoxy) is 3. The Bertz CT molecular complexity index is 2580. The number of amides is 7. The van der Waals surface area contributed by atoms with E-state index in [1.54, 1.807) is 51.2 Å². The molecule has 2 atom stereocenters. The zero-order valence-corrected chi connectivity index (χ0v) is 45.2. The number of carbonyl (C=O) groups excluding carboxylic acids is 5. The Labute approximate surface area is 452 Å². The summed E-state index contributed by atoms with van der Waals surface area (Å²) in [6, 6.07) is 22.9. The van der Waals surface area contributed by atoms with Gasteiger partial charge in [0.2, 0.25) is 17.7 Å². The molecule has 2 aliphatic heterocycles. The van der Waals surface area contributed by atoms with Gasteiger partial charge in [-0.15, -0.1) is 0 Å². The number of nitrogens with zero attached hydrogens (tertiary/aromatic N) is 4. The maximum atomic E-state index is 13.8. The number of benzene rings is 3. The number of aromatic nitrogens is 4. The van der Waals surface area contributed by atoms with Crippen LogP contribution >= 0.6 is 0 Å². The molecular weight excluding hydrogens is 979 g/mol. The number of carbonyl (C=O) groups is 5. The van der Waals surface area contributed by atoms with Gasteiger partial charge in [-0.3, -0.25) is 14.4 Å². The number of urea groups is 2. The van der Waals surface area contributed by atoms with Crippen molar-refractivity contribution in [1.82, 2.24) is 56.3 Å². The molecule has 2 aromatic heterocycles. The van der Waals surface area contributed by atoms with Crippen molar-refractivity contribution >= 4 is 29.8 Å². The number of nitrogens with one attached hydrogen (secondary N) is 7. The lowest BCUT2D eigenvalue weighted by Crippen LogP contribution is -2.66. The Morgan fingerprint density at radius 2 is 1.19 bits per heavy atom. The molecule has 8 rings (SSSR count). The van der Waals surface area contributed by atoms with E-state index in [0.29, 0.717) is 90.3 Å². The minimum atomic E-state index is -0.729. The molecular formula is C58H79N11O8. The summed E-state index contributed by atoms with van der Waals surface area (Å²) in [6.45, 7) is 5.50. The van der Waals surface area contributed by atoms with Crippen LogP contribution in [0.1, 0.15) is 92.8 Å². The first-order valence-corrected chi connectivity index (χ1v) is 27.3. The first kappa shape index (κ1) is 57.3. The van der Waals surface area contributed by atoms with Crippen LogP contribution in [-0.4, -0.2) is 139 Å². The summed E-state index contributed by atoms with van der Waals surface area (Å²) in [6.07, 6.45) is 17.6. The first-order valence-electron chi connectivity index (χ1n) is 27.3. The summed E-state index contributed by atoms with van der Waals surface area (Å²) >= 11 is 0. The van der Waals surface area contributed by atoms with Gasteiger partial charge in [0.05, 0.1) is 45.4 Å². The van der Waals surface area contributed by atoms with Crippen molar-refractivity contribution in [1.29, 1.82) is 0 Å². The molecule has 2 unspecified atom stereocenters. The fraction of sp³-hybridized carbons (Fsp3) is 0.500. The van der Waals surface area contributed by atoms with E-state index in [4.69, 9.17) is 14.2 Å². The molecule has 19 heteroatoms. The highest BCUT2D eigenvalue weighted by molar-refractivity contribution is 5.89. The third kappa shape index (κ3) is 15.8. The Kier molecular flexibility index (Phi) is 21.3. The van der Waals surface area contributed by atoms with Crippen molar-refractivity contribution < 1.29 is 38.2 Å². The second kappa shape index (κ2) is 28.6. The maximum Gasteiger partial charge on any atom is 0.315 e. The van der Waals surface area contributed by atoms with Crippen molar-refractivity contribution in [2.45, 2.75) is 108 Å². The van der Waals surface area contributed by atoms with Crippen molar-refractivity contribution in [3.63, 3.8) is 0 Å². The lowest BCUT2D eigenvalue weighted by atomic mass is 9.63. The molecule has 1 aliphatic carbocycles. The Balaban J connectivity index is 0.000000224. The summed E-state index contributed by atoms with van der Waals surface area (Å²) in [5, 5.41) is 14.4. The zero-order chi connectivity index (χ0) is 54.5. The average Bonchev–Trinajstić information content (AvgIpc) is 4.21. The van der Waals surface area contributed by atoms with Gasteiger partial charge >= 0.3 is 12.1 Å². The molecule has 7 N–H and O–H groups in total. The van der Waals surface area contributed by atoms with Crippen LogP contribution in [-0.2, 0) is 50.4 Å². The fourth-order valence-electron chi connectivity index (χ4n) is 10.8. The monoisotopic (exact) mass is 1060 g/mol. The number of rotatable bonds is 23. The molecule has 5 aromatic rings. The summed E-state index contributed by atoms with van der Waals surface area (Å²) in [7, 11) is 4.94. The number of hydrogen-bond donors (Lipinski definition) is 7. The second-order valence-electron chi connectivity index (χ2n) is 20.3. The molecule has 414 valence electrons. The van der Waals surface area contributed by atoms with E-state index in [0.717, 1.165) is 78.1 Å². The third-order valence-corrected chi connectivity index (χ3v) is 15.3. The normalized spacial score (nSPS) is 16.5. The van der Waals surface area contributed by atoms with Gasteiger partial charge in [-0.25, -0.2) is 19.6 Å². The topological polar surface area (TPSA) is 237 Å². The van der Waals surface area contributed by atoms with E-state index >= 15 is 0 Å². The van der Waals surface area contributed by atoms with Gasteiger partial charge < -0.3 is 60.6 Å². The van der Waals surface area contributed by atoms with Gasteiger partial charge in [0, 0.05) is 89.3 Å². The highest BCUT2D eigenvalue weighted by Gasteiger charge is 2.50. The largest absolute Gasteiger partial charge is 0.497 e. The summed E-state index contributed by atoms with van der Waals surface area (Å²) in [5.74, 6) is 1.68. The van der Waals surface area contributed by atoms with Crippen molar-refractivity contribution in [2.24, 2.45) is 11.3 Å². The molecule has 7 amide bonds. The van der Waals surface area contributed by atoms with Crippen LogP contribution < -0.4 is 36.1 Å². The van der Waals surface area contributed by atoms with Gasteiger partial charge in [0.25, 0.3) is 0 Å². The number of aromatic amines is 2. The number of methoxy groups -OCH3 is 2. The summed E-state index contributed by atoms with van der Waals surface area (Å²) < 4.78 is 16.9. The SMILES string of the molecule is CCCCOC1(c2ccccc2)CN(C(=O)C(Cc2ccc(OC)cc2)NC(=O)NCCc2cnc[nH]2)C1.CNC(=O)C1(C2CCCCC2)CCN(C(=O)C(Cc2ccc(OC)cc2)NC(=O)NCCc2cnc[nH]2)CC1. The molecule has 0 radical (unpaired) electrons. The molecule has 77 heavy (non-hydrogen) atoms. The molecule has 3 aromatic carbocycles. The quantitative estimate of drug-likeness (QED) is 0.0364. The van der Waals surface area contributed by atoms with E-state index in [1.165, 1.54) is 6.42 Å². The minimum absolute atomic E-state index is 0.103. The van der Waals surface area contributed by atoms with E-state index in [-0.39, 0.29) is 29.8 Å². The number of piperidine rings is 1. The highest BCUT2D eigenvalue weighted by atomic mass is 16.5. The molecule has 0 spiro atoms. The molecule has 1 saturated carbocycles. The van der Waals surface area contributed by atoms with Crippen molar-refractivity contribution in [2.75, 3.05) is 67.1 Å². The van der Waals surface area contributed by atoms with Crippen LogP contribution in [0.15, 0.2) is 104 Å². The predicted molar refractivity (Wildman–Crippen MR) is 293 cm³/mol. The molecule has 0 bridgehead atoms. The lowest BCUT2D eigenvalue weighted by Gasteiger charge is -2.51. The van der Waals surface area contributed by atoms with E-state index in [1.807, 2.05) is 83.8 Å². The van der Waals surface area contributed by atoms with E-state index < -0.39 is 23.1 Å². The maximum absolute atomic E-state index is 13.8. The number of hydrogen-bond acceptors (Lipinski definition) is 10. The van der Waals surface area contributed by atoms with Gasteiger partial charge in [0.15, 0.2) is 0 Å².